The molecule has 224 valence electrons. The first-order valence-corrected chi connectivity index (χ1v) is 16.1. The monoisotopic (exact) mass is 591 g/mol. The van der Waals surface area contributed by atoms with Crippen molar-refractivity contribution >= 4 is 27.5 Å². The van der Waals surface area contributed by atoms with E-state index in [1.165, 1.54) is 17.0 Å². The van der Waals surface area contributed by atoms with Crippen LogP contribution in [0.5, 0.6) is 5.75 Å². The Morgan fingerprint density at radius 2 is 1.57 bits per heavy atom. The van der Waals surface area contributed by atoms with Gasteiger partial charge in [-0.05, 0) is 69.0 Å². The van der Waals surface area contributed by atoms with Crippen molar-refractivity contribution in [1.82, 2.24) is 10.2 Å². The summed E-state index contributed by atoms with van der Waals surface area (Å²) in [7, 11) is -4.17. The van der Waals surface area contributed by atoms with Gasteiger partial charge in [-0.1, -0.05) is 73.9 Å². The molecular formula is C33H41N3O5S. The number of anilines is 1. The number of aryl methyl sites for hydroxylation is 1. The van der Waals surface area contributed by atoms with Crippen LogP contribution in [0.3, 0.4) is 0 Å². The van der Waals surface area contributed by atoms with E-state index in [1.54, 1.807) is 49.4 Å². The summed E-state index contributed by atoms with van der Waals surface area (Å²) in [5, 5.41) is 3.14. The number of rotatable bonds is 12. The van der Waals surface area contributed by atoms with Crippen molar-refractivity contribution in [2.45, 2.75) is 76.4 Å². The lowest BCUT2D eigenvalue weighted by Gasteiger charge is -2.33. The molecule has 3 aromatic carbocycles. The summed E-state index contributed by atoms with van der Waals surface area (Å²) in [6.07, 6.45) is 5.13. The van der Waals surface area contributed by atoms with Crippen LogP contribution in [0, 0.1) is 6.92 Å². The van der Waals surface area contributed by atoms with Crippen molar-refractivity contribution in [3.05, 3.63) is 90.0 Å². The molecule has 0 radical (unpaired) electrons. The predicted molar refractivity (Wildman–Crippen MR) is 165 cm³/mol. The number of nitrogens with zero attached hydrogens (tertiary/aromatic N) is 2. The fourth-order valence-corrected chi connectivity index (χ4v) is 6.74. The predicted octanol–water partition coefficient (Wildman–Crippen LogP) is 5.46. The molecule has 2 amide bonds. The Morgan fingerprint density at radius 3 is 2.26 bits per heavy atom. The van der Waals surface area contributed by atoms with E-state index >= 15 is 0 Å². The third-order valence-corrected chi connectivity index (χ3v) is 9.54. The molecule has 0 aliphatic heterocycles. The summed E-state index contributed by atoms with van der Waals surface area (Å²) in [4.78, 5) is 29.3. The first-order valence-electron chi connectivity index (χ1n) is 14.7. The van der Waals surface area contributed by atoms with Crippen LogP contribution >= 0.6 is 0 Å². The maximum atomic E-state index is 14.2. The molecule has 9 heteroatoms. The fourth-order valence-electron chi connectivity index (χ4n) is 5.30. The van der Waals surface area contributed by atoms with Crippen molar-refractivity contribution < 1.29 is 22.7 Å². The molecule has 1 fully saturated rings. The highest BCUT2D eigenvalue weighted by Crippen LogP contribution is 2.33. The van der Waals surface area contributed by atoms with Gasteiger partial charge in [0.1, 0.15) is 18.3 Å². The van der Waals surface area contributed by atoms with E-state index in [2.05, 4.69) is 5.32 Å². The Kier molecular flexibility index (Phi) is 10.6. The summed E-state index contributed by atoms with van der Waals surface area (Å²) >= 11 is 0. The van der Waals surface area contributed by atoms with Crippen LogP contribution in [0.25, 0.3) is 0 Å². The molecule has 0 saturated heterocycles. The Bertz CT molecular complexity index is 1460. The molecule has 1 N–H and O–H groups in total. The van der Waals surface area contributed by atoms with Crippen LogP contribution in [-0.2, 0) is 26.2 Å². The van der Waals surface area contributed by atoms with Crippen LogP contribution in [0.4, 0.5) is 5.69 Å². The lowest BCUT2D eigenvalue weighted by Crippen LogP contribution is -2.53. The zero-order chi connectivity index (χ0) is 30.1. The van der Waals surface area contributed by atoms with Gasteiger partial charge in [-0.3, -0.25) is 13.9 Å². The van der Waals surface area contributed by atoms with Crippen LogP contribution in [-0.4, -0.2) is 50.4 Å². The third kappa shape index (κ3) is 7.50. The fraction of sp³-hybridized carbons (Fsp3) is 0.394. The molecule has 1 aliphatic carbocycles. The molecule has 42 heavy (non-hydrogen) atoms. The molecule has 0 bridgehead atoms. The Morgan fingerprint density at radius 1 is 0.929 bits per heavy atom. The van der Waals surface area contributed by atoms with Gasteiger partial charge in [-0.2, -0.15) is 0 Å². The second kappa shape index (κ2) is 14.4. The van der Waals surface area contributed by atoms with E-state index in [4.69, 9.17) is 4.74 Å². The van der Waals surface area contributed by atoms with E-state index in [-0.39, 0.29) is 29.1 Å². The molecule has 0 aromatic heterocycles. The summed E-state index contributed by atoms with van der Waals surface area (Å²) in [5.74, 6) is -0.382. The highest BCUT2D eigenvalue weighted by atomic mass is 32.2. The second-order valence-corrected chi connectivity index (χ2v) is 12.6. The molecule has 1 saturated carbocycles. The zero-order valence-corrected chi connectivity index (χ0v) is 25.5. The quantitative estimate of drug-likeness (QED) is 0.302. The van der Waals surface area contributed by atoms with Gasteiger partial charge in [0, 0.05) is 12.6 Å². The lowest BCUT2D eigenvalue weighted by atomic mass is 9.95. The van der Waals surface area contributed by atoms with E-state index in [0.717, 1.165) is 47.5 Å². The first-order chi connectivity index (χ1) is 20.2. The summed E-state index contributed by atoms with van der Waals surface area (Å²) in [5.41, 5.74) is 2.12. The third-order valence-electron chi connectivity index (χ3n) is 7.76. The summed E-state index contributed by atoms with van der Waals surface area (Å²) in [6.45, 7) is 5.45. The van der Waals surface area contributed by atoms with Gasteiger partial charge in [-0.15, -0.1) is 0 Å². The van der Waals surface area contributed by atoms with Gasteiger partial charge >= 0.3 is 0 Å². The maximum Gasteiger partial charge on any atom is 0.264 e. The Labute approximate surface area is 249 Å². The van der Waals surface area contributed by atoms with Gasteiger partial charge in [0.15, 0.2) is 0 Å². The molecule has 1 unspecified atom stereocenters. The normalized spacial score (nSPS) is 14.5. The summed E-state index contributed by atoms with van der Waals surface area (Å²) < 4.78 is 35.0. The number of carbonyl (C=O) groups is 2. The number of para-hydroxylation sites is 2. The van der Waals surface area contributed by atoms with Crippen LogP contribution in [0.1, 0.15) is 57.1 Å². The summed E-state index contributed by atoms with van der Waals surface area (Å²) in [6, 6.07) is 21.7. The van der Waals surface area contributed by atoms with Crippen LogP contribution in [0.2, 0.25) is 0 Å². The standard InChI is InChI=1S/C33H41N3O5S/c1-4-41-31-22-14-13-21-30(31)36(42(39,40)29-19-9-6-10-20-29)24-32(37)35(23-27-16-12-11-15-25(27)2)26(3)33(38)34-28-17-7-5-8-18-28/h6,9-16,19-22,26,28H,4-5,7-8,17-18,23-24H2,1-3H3,(H,34,38). The average molecular weight is 592 g/mol. The minimum atomic E-state index is -4.17. The van der Waals surface area contributed by atoms with Gasteiger partial charge < -0.3 is 15.0 Å². The van der Waals surface area contributed by atoms with Crippen molar-refractivity contribution in [2.75, 3.05) is 17.5 Å². The minimum absolute atomic E-state index is 0.0534. The molecule has 8 nitrogen and oxygen atoms in total. The number of ether oxygens (including phenoxy) is 1. The number of sulfonamides is 1. The SMILES string of the molecule is CCOc1ccccc1N(CC(=O)N(Cc1ccccc1C)C(C)C(=O)NC1CCCCC1)S(=O)(=O)c1ccccc1. The van der Waals surface area contributed by atoms with E-state index in [9.17, 15) is 18.0 Å². The number of carbonyl (C=O) groups excluding carboxylic acids is 2. The average Bonchev–Trinajstić information content (AvgIpc) is 3.00. The lowest BCUT2D eigenvalue weighted by molar-refractivity contribution is -0.139. The number of benzene rings is 3. The zero-order valence-electron chi connectivity index (χ0n) is 24.7. The smallest absolute Gasteiger partial charge is 0.264 e. The minimum Gasteiger partial charge on any atom is -0.492 e. The van der Waals surface area contributed by atoms with Crippen LogP contribution in [0.15, 0.2) is 83.8 Å². The maximum absolute atomic E-state index is 14.2. The molecule has 1 atom stereocenters. The van der Waals surface area contributed by atoms with Gasteiger partial charge in [0.25, 0.3) is 10.0 Å². The highest BCUT2D eigenvalue weighted by molar-refractivity contribution is 7.92. The molecule has 4 rings (SSSR count). The highest BCUT2D eigenvalue weighted by Gasteiger charge is 2.34. The Hall–Kier alpha value is -3.85. The van der Waals surface area contributed by atoms with E-state index < -0.39 is 28.5 Å². The van der Waals surface area contributed by atoms with Crippen LogP contribution < -0.4 is 14.4 Å². The first kappa shape index (κ1) is 31.1. The number of amides is 2. The topological polar surface area (TPSA) is 96.0 Å². The van der Waals surface area contributed by atoms with Gasteiger partial charge in [0.2, 0.25) is 11.8 Å². The number of hydrogen-bond donors (Lipinski definition) is 1. The molecule has 3 aromatic rings. The van der Waals surface area contributed by atoms with Gasteiger partial charge in [0.05, 0.1) is 17.2 Å². The molecular weight excluding hydrogens is 550 g/mol. The van der Waals surface area contributed by atoms with Crippen molar-refractivity contribution in [3.8, 4) is 5.75 Å². The van der Waals surface area contributed by atoms with E-state index in [1.807, 2.05) is 38.1 Å². The second-order valence-electron chi connectivity index (χ2n) is 10.7. The largest absolute Gasteiger partial charge is 0.492 e. The number of hydrogen-bond acceptors (Lipinski definition) is 5. The van der Waals surface area contributed by atoms with Crippen molar-refractivity contribution in [3.63, 3.8) is 0 Å². The number of nitrogens with one attached hydrogen (secondary N) is 1. The van der Waals surface area contributed by atoms with Crippen molar-refractivity contribution in [2.24, 2.45) is 0 Å². The molecule has 0 spiro atoms. The van der Waals surface area contributed by atoms with Gasteiger partial charge in [-0.25, -0.2) is 8.42 Å². The molecule has 1 aliphatic rings. The van der Waals surface area contributed by atoms with Crippen molar-refractivity contribution in [1.29, 1.82) is 0 Å². The van der Waals surface area contributed by atoms with E-state index in [0.29, 0.717) is 12.4 Å². The Balaban J connectivity index is 1.71. The molecule has 0 heterocycles.